The molecule has 2 N–H and O–H groups in total. The van der Waals surface area contributed by atoms with Crippen molar-refractivity contribution >= 4 is 11.9 Å². The molecule has 0 heterocycles. The summed E-state index contributed by atoms with van der Waals surface area (Å²) in [6.07, 6.45) is 16.6. The first kappa shape index (κ1) is 18.0. The van der Waals surface area contributed by atoms with Crippen molar-refractivity contribution in [3.63, 3.8) is 0 Å². The third kappa shape index (κ3) is 2.18. The summed E-state index contributed by atoms with van der Waals surface area (Å²) in [5.41, 5.74) is 0. The summed E-state index contributed by atoms with van der Waals surface area (Å²) in [7, 11) is 0. The van der Waals surface area contributed by atoms with E-state index in [4.69, 9.17) is 0 Å². The van der Waals surface area contributed by atoms with Gasteiger partial charge in [0.15, 0.2) is 0 Å². The van der Waals surface area contributed by atoms with Crippen LogP contribution in [0.4, 0.5) is 0 Å². The van der Waals surface area contributed by atoms with E-state index in [9.17, 15) is 19.8 Å². The highest BCUT2D eigenvalue weighted by atomic mass is 16.4. The standard InChI is InChI=1S/2C13H16O2/c2*14-13(15)10-5-8-4-9(10)12-7-2-1-6(3-7)11(8)12/h2*1-2,6-12H,3-5H2,(H,14,15). The number of fused-ring (bicyclic) bond motifs is 18. The second-order valence-corrected chi connectivity index (χ2v) is 11.9. The fourth-order valence-corrected chi connectivity index (χ4v) is 10.6. The Balaban J connectivity index is 0.000000108. The van der Waals surface area contributed by atoms with Gasteiger partial charge in [0.2, 0.25) is 0 Å². The minimum atomic E-state index is -0.535. The van der Waals surface area contributed by atoms with Crippen molar-refractivity contribution in [1.29, 1.82) is 0 Å². The average Bonchev–Trinajstić information content (AvgIpc) is 3.58. The smallest absolute Gasteiger partial charge is 0.306 e. The number of rotatable bonds is 2. The van der Waals surface area contributed by atoms with Crippen LogP contribution in [0.5, 0.6) is 0 Å². The van der Waals surface area contributed by atoms with E-state index < -0.39 is 11.9 Å². The lowest BCUT2D eigenvalue weighted by Gasteiger charge is -2.34. The molecule has 0 aromatic rings. The molecule has 8 rings (SSSR count). The van der Waals surface area contributed by atoms with Gasteiger partial charge in [0, 0.05) is 0 Å². The Hall–Kier alpha value is -1.58. The third-order valence-corrected chi connectivity index (χ3v) is 11.2. The molecule has 0 aliphatic heterocycles. The van der Waals surface area contributed by atoms with Gasteiger partial charge in [0.1, 0.15) is 0 Å². The zero-order valence-electron chi connectivity index (χ0n) is 17.3. The number of carboxylic acids is 2. The van der Waals surface area contributed by atoms with Gasteiger partial charge in [0.05, 0.1) is 11.8 Å². The topological polar surface area (TPSA) is 74.6 Å². The van der Waals surface area contributed by atoms with Gasteiger partial charge in [-0.2, -0.15) is 0 Å². The molecule has 0 radical (unpaired) electrons. The number of aliphatic carboxylic acids is 2. The molecule has 6 saturated carbocycles. The molecule has 0 aromatic heterocycles. The van der Waals surface area contributed by atoms with E-state index in [-0.39, 0.29) is 11.8 Å². The van der Waals surface area contributed by atoms with Gasteiger partial charge < -0.3 is 10.2 Å². The molecule has 14 atom stereocenters. The molecule has 4 nitrogen and oxygen atoms in total. The molecular formula is C26H32O4. The number of hydrogen-bond acceptors (Lipinski definition) is 2. The van der Waals surface area contributed by atoms with Crippen LogP contribution >= 0.6 is 0 Å². The minimum absolute atomic E-state index is 0.0102. The van der Waals surface area contributed by atoms with E-state index in [1.807, 2.05) is 0 Å². The average molecular weight is 409 g/mol. The van der Waals surface area contributed by atoms with Crippen LogP contribution in [0.15, 0.2) is 24.3 Å². The lowest BCUT2D eigenvalue weighted by atomic mass is 9.69. The lowest BCUT2D eigenvalue weighted by Crippen LogP contribution is -2.34. The first-order chi connectivity index (χ1) is 14.5. The molecule has 8 aliphatic rings. The van der Waals surface area contributed by atoms with E-state index in [1.165, 1.54) is 25.7 Å². The van der Waals surface area contributed by atoms with Crippen LogP contribution in [-0.2, 0) is 9.59 Å². The molecule has 8 aliphatic carbocycles. The number of hydrogen-bond donors (Lipinski definition) is 2. The maximum Gasteiger partial charge on any atom is 0.306 e. The maximum absolute atomic E-state index is 11.2. The predicted molar refractivity (Wildman–Crippen MR) is 110 cm³/mol. The molecule has 0 saturated heterocycles. The Morgan fingerprint density at radius 1 is 0.533 bits per heavy atom. The van der Waals surface area contributed by atoms with Crippen molar-refractivity contribution in [2.24, 2.45) is 82.9 Å². The molecule has 6 fully saturated rings. The van der Waals surface area contributed by atoms with Crippen molar-refractivity contribution < 1.29 is 19.8 Å². The maximum atomic E-state index is 11.2. The largest absolute Gasteiger partial charge is 0.481 e. The van der Waals surface area contributed by atoms with E-state index in [0.29, 0.717) is 11.8 Å². The van der Waals surface area contributed by atoms with Crippen LogP contribution in [0, 0.1) is 82.9 Å². The molecule has 0 spiro atoms. The van der Waals surface area contributed by atoms with Gasteiger partial charge in [-0.1, -0.05) is 24.3 Å². The molecule has 4 heteroatoms. The molecule has 0 amide bonds. The summed E-state index contributed by atoms with van der Waals surface area (Å²) in [5.74, 6) is 7.69. The van der Waals surface area contributed by atoms with E-state index in [1.54, 1.807) is 0 Å². The Morgan fingerprint density at radius 3 is 1.27 bits per heavy atom. The molecule has 8 bridgehead atoms. The van der Waals surface area contributed by atoms with Crippen molar-refractivity contribution in [2.75, 3.05) is 0 Å². The Bertz CT molecular complexity index is 789. The highest BCUT2D eigenvalue weighted by Gasteiger charge is 2.63. The predicted octanol–water partition coefficient (Wildman–Crippen LogP) is 4.33. The van der Waals surface area contributed by atoms with Crippen LogP contribution in [0.2, 0.25) is 0 Å². The zero-order chi connectivity index (χ0) is 20.3. The van der Waals surface area contributed by atoms with E-state index in [2.05, 4.69) is 24.3 Å². The highest BCUT2D eigenvalue weighted by molar-refractivity contribution is 5.71. The lowest BCUT2D eigenvalue weighted by molar-refractivity contribution is -0.145. The Kier molecular flexibility index (Phi) is 3.61. The van der Waals surface area contributed by atoms with Gasteiger partial charge in [-0.05, 0) is 110 Å². The summed E-state index contributed by atoms with van der Waals surface area (Å²) in [6.45, 7) is 0. The second-order valence-electron chi connectivity index (χ2n) is 11.9. The molecule has 160 valence electrons. The normalized spacial score (nSPS) is 58.8. The Morgan fingerprint density at radius 2 is 0.900 bits per heavy atom. The first-order valence-corrected chi connectivity index (χ1v) is 12.3. The van der Waals surface area contributed by atoms with Crippen molar-refractivity contribution in [2.45, 2.75) is 38.5 Å². The van der Waals surface area contributed by atoms with Gasteiger partial charge >= 0.3 is 11.9 Å². The number of carbonyl (C=O) groups is 2. The molecule has 14 unspecified atom stereocenters. The fraction of sp³-hybridized carbons (Fsp3) is 0.769. The van der Waals surface area contributed by atoms with Gasteiger partial charge in [-0.3, -0.25) is 9.59 Å². The quantitative estimate of drug-likeness (QED) is 0.527. The monoisotopic (exact) mass is 408 g/mol. The van der Waals surface area contributed by atoms with Crippen LogP contribution in [0.3, 0.4) is 0 Å². The fourth-order valence-electron chi connectivity index (χ4n) is 10.6. The Labute approximate surface area is 177 Å². The molecular weight excluding hydrogens is 376 g/mol. The van der Waals surface area contributed by atoms with Crippen molar-refractivity contribution in [1.82, 2.24) is 0 Å². The summed E-state index contributed by atoms with van der Waals surface area (Å²) in [5, 5.41) is 18.4. The zero-order valence-corrected chi connectivity index (χ0v) is 17.3. The van der Waals surface area contributed by atoms with Gasteiger partial charge in [0.25, 0.3) is 0 Å². The number of allylic oxidation sites excluding steroid dienone is 4. The van der Waals surface area contributed by atoms with Crippen molar-refractivity contribution in [3.8, 4) is 0 Å². The highest BCUT2D eigenvalue weighted by Crippen LogP contribution is 2.68. The third-order valence-electron chi connectivity index (χ3n) is 11.2. The second kappa shape index (κ2) is 6.01. The first-order valence-electron chi connectivity index (χ1n) is 12.3. The van der Waals surface area contributed by atoms with Crippen LogP contribution in [0.1, 0.15) is 38.5 Å². The van der Waals surface area contributed by atoms with Crippen molar-refractivity contribution in [3.05, 3.63) is 24.3 Å². The number of carboxylic acid groups (broad SMARTS) is 2. The minimum Gasteiger partial charge on any atom is -0.481 e. The summed E-state index contributed by atoms with van der Waals surface area (Å²) in [6, 6.07) is 0. The van der Waals surface area contributed by atoms with E-state index in [0.717, 1.165) is 72.0 Å². The molecule has 0 aromatic carbocycles. The van der Waals surface area contributed by atoms with Crippen LogP contribution in [0.25, 0.3) is 0 Å². The van der Waals surface area contributed by atoms with Crippen LogP contribution < -0.4 is 0 Å². The summed E-state index contributed by atoms with van der Waals surface area (Å²) < 4.78 is 0. The van der Waals surface area contributed by atoms with E-state index >= 15 is 0 Å². The van der Waals surface area contributed by atoms with Crippen LogP contribution in [-0.4, -0.2) is 22.2 Å². The summed E-state index contributed by atoms with van der Waals surface area (Å²) in [4.78, 5) is 22.3. The summed E-state index contributed by atoms with van der Waals surface area (Å²) >= 11 is 0. The molecule has 30 heavy (non-hydrogen) atoms. The van der Waals surface area contributed by atoms with Gasteiger partial charge in [-0.25, -0.2) is 0 Å². The van der Waals surface area contributed by atoms with Gasteiger partial charge in [-0.15, -0.1) is 0 Å². The SMILES string of the molecule is O=C(O)C1CC2CC1C1C3C=CC(C3)C21.O=C(O)C1CC2CC1C1C3C=CC(C3)C21.